The van der Waals surface area contributed by atoms with E-state index in [1.165, 1.54) is 25.7 Å². The lowest BCUT2D eigenvalue weighted by atomic mass is 9.78. The normalized spacial score (nSPS) is 25.1. The molecule has 2 unspecified atom stereocenters. The van der Waals surface area contributed by atoms with Gasteiger partial charge in [0.25, 0.3) is 0 Å². The number of hydrogen-bond donors (Lipinski definition) is 1. The predicted molar refractivity (Wildman–Crippen MR) is 71.7 cm³/mol. The molecule has 2 atom stereocenters. The van der Waals surface area contributed by atoms with Gasteiger partial charge in [-0.1, -0.05) is 32.8 Å². The van der Waals surface area contributed by atoms with Crippen LogP contribution < -0.4 is 5.32 Å². The number of pyridine rings is 1. The first-order chi connectivity index (χ1) is 8.27. The van der Waals surface area contributed by atoms with Crippen LogP contribution in [0.1, 0.15) is 45.2 Å². The summed E-state index contributed by atoms with van der Waals surface area (Å²) in [6.07, 6.45) is 7.37. The molecule has 0 radical (unpaired) electrons. The summed E-state index contributed by atoms with van der Waals surface area (Å²) < 4.78 is 0. The van der Waals surface area contributed by atoms with Crippen LogP contribution in [-0.4, -0.2) is 11.0 Å². The zero-order valence-electron chi connectivity index (χ0n) is 11.0. The lowest BCUT2D eigenvalue weighted by molar-refractivity contribution is 0.204. The second kappa shape index (κ2) is 6.15. The monoisotopic (exact) mass is 232 g/mol. The number of aromatic nitrogens is 1. The van der Waals surface area contributed by atoms with Gasteiger partial charge < -0.3 is 5.32 Å². The largest absolute Gasteiger partial charge is 0.308 e. The average molecular weight is 232 g/mol. The SMILES string of the molecule is CC(C)C1CCCCC1NCc1ccccn1. The minimum Gasteiger partial charge on any atom is -0.308 e. The van der Waals surface area contributed by atoms with Gasteiger partial charge in [-0.3, -0.25) is 4.98 Å². The number of nitrogens with one attached hydrogen (secondary N) is 1. The van der Waals surface area contributed by atoms with Crippen LogP contribution in [0.4, 0.5) is 0 Å². The minimum atomic E-state index is 0.686. The Morgan fingerprint density at radius 2 is 2.12 bits per heavy atom. The Bertz CT molecular complexity index is 321. The van der Waals surface area contributed by atoms with Gasteiger partial charge in [0.05, 0.1) is 5.69 Å². The lowest BCUT2D eigenvalue weighted by Gasteiger charge is -2.35. The van der Waals surface area contributed by atoms with Gasteiger partial charge in [0.15, 0.2) is 0 Å². The van der Waals surface area contributed by atoms with E-state index in [1.54, 1.807) is 0 Å². The highest BCUT2D eigenvalue weighted by Crippen LogP contribution is 2.30. The smallest absolute Gasteiger partial charge is 0.0541 e. The number of hydrogen-bond acceptors (Lipinski definition) is 2. The van der Waals surface area contributed by atoms with E-state index in [2.05, 4.69) is 36.3 Å². The molecule has 0 aliphatic heterocycles. The molecule has 17 heavy (non-hydrogen) atoms. The standard InChI is InChI=1S/C15H24N2/c1-12(2)14-8-3-4-9-15(14)17-11-13-7-5-6-10-16-13/h5-7,10,12,14-15,17H,3-4,8-9,11H2,1-2H3. The molecule has 1 saturated carbocycles. The Kier molecular flexibility index (Phi) is 4.55. The summed E-state index contributed by atoms with van der Waals surface area (Å²) in [5.74, 6) is 1.63. The maximum absolute atomic E-state index is 4.37. The molecule has 1 aromatic heterocycles. The van der Waals surface area contributed by atoms with E-state index >= 15 is 0 Å². The van der Waals surface area contributed by atoms with Crippen molar-refractivity contribution in [1.82, 2.24) is 10.3 Å². The molecule has 1 N–H and O–H groups in total. The van der Waals surface area contributed by atoms with Crippen molar-refractivity contribution in [2.75, 3.05) is 0 Å². The molecule has 2 heteroatoms. The van der Waals surface area contributed by atoms with Gasteiger partial charge in [0.1, 0.15) is 0 Å². The maximum atomic E-state index is 4.37. The Hall–Kier alpha value is -0.890. The summed E-state index contributed by atoms with van der Waals surface area (Å²) in [6.45, 7) is 5.62. The molecular formula is C15H24N2. The second-order valence-corrected chi connectivity index (χ2v) is 5.50. The van der Waals surface area contributed by atoms with Gasteiger partial charge in [-0.05, 0) is 36.8 Å². The van der Waals surface area contributed by atoms with Gasteiger partial charge in [0, 0.05) is 18.8 Å². The van der Waals surface area contributed by atoms with Gasteiger partial charge in [-0.2, -0.15) is 0 Å². The maximum Gasteiger partial charge on any atom is 0.0541 e. The van der Waals surface area contributed by atoms with Crippen molar-refractivity contribution in [3.05, 3.63) is 30.1 Å². The fourth-order valence-corrected chi connectivity index (χ4v) is 2.95. The van der Waals surface area contributed by atoms with Gasteiger partial charge in [-0.25, -0.2) is 0 Å². The minimum absolute atomic E-state index is 0.686. The summed E-state index contributed by atoms with van der Waals surface area (Å²) >= 11 is 0. The van der Waals surface area contributed by atoms with Crippen molar-refractivity contribution in [3.8, 4) is 0 Å². The first kappa shape index (κ1) is 12.6. The third-order valence-electron chi connectivity index (χ3n) is 3.95. The first-order valence-corrected chi connectivity index (χ1v) is 6.90. The average Bonchev–Trinajstić information content (AvgIpc) is 2.38. The first-order valence-electron chi connectivity index (χ1n) is 6.90. The van der Waals surface area contributed by atoms with Crippen molar-refractivity contribution in [2.24, 2.45) is 11.8 Å². The lowest BCUT2D eigenvalue weighted by Crippen LogP contribution is -2.40. The van der Waals surface area contributed by atoms with Crippen LogP contribution in [0.3, 0.4) is 0 Å². The van der Waals surface area contributed by atoms with Crippen LogP contribution in [0, 0.1) is 11.8 Å². The quantitative estimate of drug-likeness (QED) is 0.860. The molecule has 0 aromatic carbocycles. The van der Waals surface area contributed by atoms with Gasteiger partial charge in [0.2, 0.25) is 0 Å². The van der Waals surface area contributed by atoms with Crippen LogP contribution in [0.5, 0.6) is 0 Å². The fourth-order valence-electron chi connectivity index (χ4n) is 2.95. The number of nitrogens with zero attached hydrogens (tertiary/aromatic N) is 1. The van der Waals surface area contributed by atoms with Crippen molar-refractivity contribution in [1.29, 1.82) is 0 Å². The summed E-state index contributed by atoms with van der Waals surface area (Å²) in [5, 5.41) is 3.71. The molecule has 2 rings (SSSR count). The van der Waals surface area contributed by atoms with Crippen LogP contribution in [0.15, 0.2) is 24.4 Å². The van der Waals surface area contributed by atoms with E-state index in [0.29, 0.717) is 6.04 Å². The topological polar surface area (TPSA) is 24.9 Å². The third-order valence-corrected chi connectivity index (χ3v) is 3.95. The molecule has 0 bridgehead atoms. The number of rotatable bonds is 4. The highest BCUT2D eigenvalue weighted by Gasteiger charge is 2.26. The van der Waals surface area contributed by atoms with E-state index in [4.69, 9.17) is 0 Å². The molecule has 1 fully saturated rings. The summed E-state index contributed by atoms with van der Waals surface area (Å²) in [7, 11) is 0. The van der Waals surface area contributed by atoms with E-state index in [1.807, 2.05) is 12.3 Å². The molecule has 1 aromatic rings. The summed E-state index contributed by atoms with van der Waals surface area (Å²) in [4.78, 5) is 4.37. The summed E-state index contributed by atoms with van der Waals surface area (Å²) in [5.41, 5.74) is 1.15. The molecule has 1 aliphatic rings. The van der Waals surface area contributed by atoms with Crippen molar-refractivity contribution in [2.45, 2.75) is 52.1 Å². The predicted octanol–water partition coefficient (Wildman–Crippen LogP) is 3.39. The van der Waals surface area contributed by atoms with Gasteiger partial charge >= 0.3 is 0 Å². The molecule has 1 aliphatic carbocycles. The highest BCUT2D eigenvalue weighted by molar-refractivity contribution is 5.03. The van der Waals surface area contributed by atoms with Crippen molar-refractivity contribution < 1.29 is 0 Å². The Labute approximate surface area is 105 Å². The van der Waals surface area contributed by atoms with E-state index in [9.17, 15) is 0 Å². The summed E-state index contributed by atoms with van der Waals surface area (Å²) in [6, 6.07) is 6.82. The Morgan fingerprint density at radius 3 is 2.82 bits per heavy atom. The van der Waals surface area contributed by atoms with Crippen LogP contribution in [0.2, 0.25) is 0 Å². The molecule has 2 nitrogen and oxygen atoms in total. The van der Waals surface area contributed by atoms with Crippen LogP contribution >= 0.6 is 0 Å². The molecule has 0 saturated heterocycles. The Morgan fingerprint density at radius 1 is 1.29 bits per heavy atom. The van der Waals surface area contributed by atoms with Crippen LogP contribution in [-0.2, 0) is 6.54 Å². The highest BCUT2D eigenvalue weighted by atomic mass is 14.9. The third kappa shape index (κ3) is 3.53. The molecule has 94 valence electrons. The Balaban J connectivity index is 1.88. The molecular weight excluding hydrogens is 208 g/mol. The van der Waals surface area contributed by atoms with Gasteiger partial charge in [-0.15, -0.1) is 0 Å². The van der Waals surface area contributed by atoms with E-state index in [0.717, 1.165) is 24.1 Å². The zero-order chi connectivity index (χ0) is 12.1. The molecule has 1 heterocycles. The van der Waals surface area contributed by atoms with Crippen LogP contribution in [0.25, 0.3) is 0 Å². The van der Waals surface area contributed by atoms with E-state index in [-0.39, 0.29) is 0 Å². The fraction of sp³-hybridized carbons (Fsp3) is 0.667. The second-order valence-electron chi connectivity index (χ2n) is 5.50. The van der Waals surface area contributed by atoms with Crippen molar-refractivity contribution >= 4 is 0 Å². The molecule has 0 spiro atoms. The zero-order valence-corrected chi connectivity index (χ0v) is 11.0. The molecule has 0 amide bonds. The van der Waals surface area contributed by atoms with E-state index < -0.39 is 0 Å². The van der Waals surface area contributed by atoms with Crippen molar-refractivity contribution in [3.63, 3.8) is 0 Å².